The fraction of sp³-hybridized carbons (Fsp3) is 0.0952. The van der Waals surface area contributed by atoms with Gasteiger partial charge >= 0.3 is 0 Å². The third-order valence-electron chi connectivity index (χ3n) is 4.41. The lowest BCUT2D eigenvalue weighted by molar-refractivity contribution is 0.102. The Morgan fingerprint density at radius 1 is 1.14 bits per heavy atom. The highest BCUT2D eigenvalue weighted by Gasteiger charge is 2.21. The molecule has 5 nitrogen and oxygen atoms in total. The van der Waals surface area contributed by atoms with Crippen LogP contribution in [-0.2, 0) is 7.05 Å². The minimum atomic E-state index is -0.783. The number of nitrogens with one attached hydrogen (secondary N) is 1. The number of aryl methyl sites for hydroxylation is 2. The first kappa shape index (κ1) is 18.9. The SMILES string of the molecule is Cc1ccccc1-c1csc(NC(=O)c2cn(C)nc2-c2ccc(F)cc2F)n1. The predicted molar refractivity (Wildman–Crippen MR) is 109 cm³/mol. The molecule has 0 bridgehead atoms. The van der Waals surface area contributed by atoms with E-state index in [0.717, 1.165) is 29.0 Å². The summed E-state index contributed by atoms with van der Waals surface area (Å²) >= 11 is 1.30. The first-order chi connectivity index (χ1) is 13.9. The second-order valence-electron chi connectivity index (χ2n) is 6.50. The van der Waals surface area contributed by atoms with Crippen molar-refractivity contribution in [1.29, 1.82) is 0 Å². The van der Waals surface area contributed by atoms with Crippen LogP contribution in [0.25, 0.3) is 22.5 Å². The Labute approximate surface area is 169 Å². The summed E-state index contributed by atoms with van der Waals surface area (Å²) in [6.07, 6.45) is 1.49. The van der Waals surface area contributed by atoms with Crippen molar-refractivity contribution in [2.24, 2.45) is 7.05 Å². The molecule has 0 aliphatic rings. The minimum Gasteiger partial charge on any atom is -0.298 e. The number of aromatic nitrogens is 3. The number of carbonyl (C=O) groups is 1. The fourth-order valence-electron chi connectivity index (χ4n) is 3.01. The second kappa shape index (κ2) is 7.56. The number of thiazole rings is 1. The van der Waals surface area contributed by atoms with E-state index in [2.05, 4.69) is 15.4 Å². The van der Waals surface area contributed by atoms with Gasteiger partial charge in [-0.15, -0.1) is 11.3 Å². The van der Waals surface area contributed by atoms with Crippen molar-refractivity contribution in [3.05, 3.63) is 76.8 Å². The molecule has 0 unspecified atom stereocenters. The third-order valence-corrected chi connectivity index (χ3v) is 5.16. The highest BCUT2D eigenvalue weighted by molar-refractivity contribution is 7.14. The second-order valence-corrected chi connectivity index (χ2v) is 7.35. The minimum absolute atomic E-state index is 0.0527. The van der Waals surface area contributed by atoms with E-state index >= 15 is 0 Å². The van der Waals surface area contributed by atoms with Gasteiger partial charge < -0.3 is 0 Å². The fourth-order valence-corrected chi connectivity index (χ4v) is 3.72. The summed E-state index contributed by atoms with van der Waals surface area (Å²) in [6, 6.07) is 11.0. The molecule has 0 radical (unpaired) electrons. The zero-order valence-corrected chi connectivity index (χ0v) is 16.4. The predicted octanol–water partition coefficient (Wildman–Crippen LogP) is 5.05. The monoisotopic (exact) mass is 410 g/mol. The molecular weight excluding hydrogens is 394 g/mol. The molecule has 0 saturated carbocycles. The van der Waals surface area contributed by atoms with Gasteiger partial charge in [-0.2, -0.15) is 5.10 Å². The van der Waals surface area contributed by atoms with Crippen LogP contribution in [0.1, 0.15) is 15.9 Å². The van der Waals surface area contributed by atoms with Crippen molar-refractivity contribution >= 4 is 22.4 Å². The molecule has 0 atom stereocenters. The molecule has 2 heterocycles. The maximum Gasteiger partial charge on any atom is 0.261 e. The highest BCUT2D eigenvalue weighted by atomic mass is 32.1. The zero-order valence-electron chi connectivity index (χ0n) is 15.6. The van der Waals surface area contributed by atoms with E-state index in [4.69, 9.17) is 0 Å². The average Bonchev–Trinajstić information content (AvgIpc) is 3.29. The van der Waals surface area contributed by atoms with E-state index in [0.29, 0.717) is 5.13 Å². The molecule has 4 rings (SSSR count). The van der Waals surface area contributed by atoms with Gasteiger partial charge in [-0.3, -0.25) is 14.8 Å². The van der Waals surface area contributed by atoms with Crippen LogP contribution in [-0.4, -0.2) is 20.7 Å². The largest absolute Gasteiger partial charge is 0.298 e. The molecule has 0 aliphatic heterocycles. The molecule has 8 heteroatoms. The van der Waals surface area contributed by atoms with Crippen molar-refractivity contribution in [1.82, 2.24) is 14.8 Å². The van der Waals surface area contributed by atoms with Gasteiger partial charge in [0.1, 0.15) is 17.3 Å². The smallest absolute Gasteiger partial charge is 0.261 e. The number of hydrogen-bond donors (Lipinski definition) is 1. The molecule has 4 aromatic rings. The Kier molecular flexibility index (Phi) is 4.94. The van der Waals surface area contributed by atoms with E-state index in [1.54, 1.807) is 7.05 Å². The van der Waals surface area contributed by atoms with Crippen LogP contribution in [0.15, 0.2) is 54.0 Å². The number of carbonyl (C=O) groups excluding carboxylic acids is 1. The van der Waals surface area contributed by atoms with Crippen molar-refractivity contribution in [2.75, 3.05) is 5.32 Å². The Hall–Kier alpha value is -3.39. The number of hydrogen-bond acceptors (Lipinski definition) is 4. The summed E-state index contributed by atoms with van der Waals surface area (Å²) in [5, 5.41) is 9.20. The van der Waals surface area contributed by atoms with Crippen LogP contribution in [0.4, 0.5) is 13.9 Å². The molecule has 146 valence electrons. The molecule has 2 aromatic carbocycles. The summed E-state index contributed by atoms with van der Waals surface area (Å²) in [6.45, 7) is 1.99. The topological polar surface area (TPSA) is 59.8 Å². The molecule has 0 saturated heterocycles. The molecular formula is C21H16F2N4OS. The quantitative estimate of drug-likeness (QED) is 0.512. The number of anilines is 1. The Morgan fingerprint density at radius 3 is 2.69 bits per heavy atom. The molecule has 1 N–H and O–H groups in total. The standard InChI is InChI=1S/C21H16F2N4OS/c1-12-5-3-4-6-14(12)18-11-29-21(24-18)25-20(28)16-10-27(2)26-19(16)15-8-7-13(22)9-17(15)23/h3-11H,1-2H3,(H,24,25,28). The lowest BCUT2D eigenvalue weighted by Crippen LogP contribution is -2.12. The molecule has 29 heavy (non-hydrogen) atoms. The van der Waals surface area contributed by atoms with Gasteiger partial charge in [0.2, 0.25) is 0 Å². The normalized spacial score (nSPS) is 10.9. The summed E-state index contributed by atoms with van der Waals surface area (Å²) in [5.41, 5.74) is 3.19. The van der Waals surface area contributed by atoms with Crippen LogP contribution < -0.4 is 5.32 Å². The number of halogens is 2. The van der Waals surface area contributed by atoms with E-state index in [-0.39, 0.29) is 16.8 Å². The molecule has 0 fully saturated rings. The maximum absolute atomic E-state index is 14.2. The van der Waals surface area contributed by atoms with Crippen molar-refractivity contribution < 1.29 is 13.6 Å². The van der Waals surface area contributed by atoms with Crippen LogP contribution >= 0.6 is 11.3 Å². The third kappa shape index (κ3) is 3.79. The first-order valence-corrected chi connectivity index (χ1v) is 9.62. The van der Waals surface area contributed by atoms with E-state index < -0.39 is 17.5 Å². The van der Waals surface area contributed by atoms with Gasteiger partial charge in [-0.1, -0.05) is 24.3 Å². The van der Waals surface area contributed by atoms with E-state index in [1.807, 2.05) is 36.6 Å². The van der Waals surface area contributed by atoms with Crippen LogP contribution in [0.5, 0.6) is 0 Å². The van der Waals surface area contributed by atoms with Gasteiger partial charge in [-0.05, 0) is 24.6 Å². The van der Waals surface area contributed by atoms with Gasteiger partial charge in [0.05, 0.1) is 11.3 Å². The molecule has 0 aliphatic carbocycles. The number of rotatable bonds is 4. The van der Waals surface area contributed by atoms with Crippen molar-refractivity contribution in [2.45, 2.75) is 6.92 Å². The molecule has 1 amide bonds. The molecule has 0 spiro atoms. The van der Waals surface area contributed by atoms with Gasteiger partial charge in [0.25, 0.3) is 5.91 Å². The van der Waals surface area contributed by atoms with Crippen molar-refractivity contribution in [3.63, 3.8) is 0 Å². The number of benzene rings is 2. The Balaban J connectivity index is 1.63. The highest BCUT2D eigenvalue weighted by Crippen LogP contribution is 2.29. The Bertz CT molecular complexity index is 1220. The van der Waals surface area contributed by atoms with Gasteiger partial charge in [-0.25, -0.2) is 13.8 Å². The number of amides is 1. The summed E-state index contributed by atoms with van der Waals surface area (Å²) in [7, 11) is 1.63. The van der Waals surface area contributed by atoms with E-state index in [9.17, 15) is 13.6 Å². The maximum atomic E-state index is 14.2. The molecule has 2 aromatic heterocycles. The van der Waals surface area contributed by atoms with Crippen LogP contribution in [0, 0.1) is 18.6 Å². The average molecular weight is 410 g/mol. The van der Waals surface area contributed by atoms with E-state index in [1.165, 1.54) is 28.3 Å². The van der Waals surface area contributed by atoms with Crippen molar-refractivity contribution in [3.8, 4) is 22.5 Å². The van der Waals surface area contributed by atoms with Crippen LogP contribution in [0.2, 0.25) is 0 Å². The lowest BCUT2D eigenvalue weighted by Gasteiger charge is -2.04. The Morgan fingerprint density at radius 2 is 1.93 bits per heavy atom. The van der Waals surface area contributed by atoms with Gasteiger partial charge in [0.15, 0.2) is 5.13 Å². The first-order valence-electron chi connectivity index (χ1n) is 8.74. The van der Waals surface area contributed by atoms with Gasteiger partial charge in [0, 0.05) is 35.8 Å². The summed E-state index contributed by atoms with van der Waals surface area (Å²) < 4.78 is 28.9. The zero-order chi connectivity index (χ0) is 20.5. The summed E-state index contributed by atoms with van der Waals surface area (Å²) in [5.74, 6) is -1.95. The number of nitrogens with zero attached hydrogens (tertiary/aromatic N) is 3. The summed E-state index contributed by atoms with van der Waals surface area (Å²) in [4.78, 5) is 17.3. The van der Waals surface area contributed by atoms with Crippen LogP contribution in [0.3, 0.4) is 0 Å². The lowest BCUT2D eigenvalue weighted by atomic mass is 10.1.